The average molecular weight is 369 g/mol. The number of nitrogens with zero attached hydrogens (tertiary/aromatic N) is 3. The average Bonchev–Trinajstić information content (AvgIpc) is 3.21. The first-order valence-electron chi connectivity index (χ1n) is 9.68. The molecule has 144 valence electrons. The van der Waals surface area contributed by atoms with Crippen LogP contribution in [0.2, 0.25) is 0 Å². The van der Waals surface area contributed by atoms with Crippen molar-refractivity contribution < 1.29 is 9.47 Å². The van der Waals surface area contributed by atoms with Crippen molar-refractivity contribution in [3.8, 4) is 0 Å². The van der Waals surface area contributed by atoms with Crippen molar-refractivity contribution >= 4 is 23.0 Å². The van der Waals surface area contributed by atoms with Gasteiger partial charge in [0.1, 0.15) is 17.5 Å². The minimum Gasteiger partial charge on any atom is -0.378 e. The number of aryl methyl sites for hydroxylation is 1. The lowest BCUT2D eigenvalue weighted by Gasteiger charge is -2.30. The Balaban J connectivity index is 1.49. The van der Waals surface area contributed by atoms with Crippen LogP contribution in [0.5, 0.6) is 0 Å². The first kappa shape index (κ1) is 18.0. The van der Waals surface area contributed by atoms with Gasteiger partial charge in [0.2, 0.25) is 0 Å². The number of benzene rings is 1. The minimum absolute atomic E-state index is 0.277. The maximum Gasteiger partial charge on any atom is 0.136 e. The van der Waals surface area contributed by atoms with E-state index in [1.807, 2.05) is 19.1 Å². The Labute approximate surface area is 160 Å². The molecular weight excluding hydrogens is 342 g/mol. The van der Waals surface area contributed by atoms with Gasteiger partial charge in [0.25, 0.3) is 0 Å². The lowest BCUT2D eigenvalue weighted by atomic mass is 10.2. The first-order chi connectivity index (χ1) is 13.3. The Hall–Kier alpha value is -2.38. The molecule has 4 rings (SSSR count). The van der Waals surface area contributed by atoms with Gasteiger partial charge in [-0.3, -0.25) is 0 Å². The highest BCUT2D eigenvalue weighted by Crippen LogP contribution is 2.29. The molecule has 0 bridgehead atoms. The molecule has 0 aliphatic carbocycles. The molecule has 7 heteroatoms. The zero-order valence-corrected chi connectivity index (χ0v) is 15.8. The summed E-state index contributed by atoms with van der Waals surface area (Å²) in [5, 5.41) is 6.86. The first-order valence-corrected chi connectivity index (χ1v) is 9.68. The van der Waals surface area contributed by atoms with Gasteiger partial charge in [0.05, 0.1) is 30.7 Å². The van der Waals surface area contributed by atoms with Crippen molar-refractivity contribution in [2.45, 2.75) is 25.9 Å². The molecule has 1 aromatic carbocycles. The second-order valence-corrected chi connectivity index (χ2v) is 6.94. The summed E-state index contributed by atoms with van der Waals surface area (Å²) >= 11 is 0. The van der Waals surface area contributed by atoms with E-state index >= 15 is 0 Å². The second kappa shape index (κ2) is 8.54. The normalized spacial score (nSPS) is 19.9. The monoisotopic (exact) mass is 369 g/mol. The number of anilines is 4. The van der Waals surface area contributed by atoms with Gasteiger partial charge in [0.15, 0.2) is 0 Å². The van der Waals surface area contributed by atoms with Crippen LogP contribution in [0.3, 0.4) is 0 Å². The highest BCUT2D eigenvalue weighted by atomic mass is 16.5. The summed E-state index contributed by atoms with van der Waals surface area (Å²) in [6.07, 6.45) is 2.52. The fraction of sp³-hybridized carbons (Fsp3) is 0.500. The number of ether oxygens (including phenoxy) is 2. The summed E-state index contributed by atoms with van der Waals surface area (Å²) in [6.45, 7) is 6.87. The maximum absolute atomic E-state index is 5.68. The van der Waals surface area contributed by atoms with Crippen molar-refractivity contribution in [3.63, 3.8) is 0 Å². The predicted octanol–water partition coefficient (Wildman–Crippen LogP) is 2.96. The molecule has 0 spiro atoms. The lowest BCUT2D eigenvalue weighted by molar-refractivity contribution is 0.120. The standard InChI is InChI=1S/C20H27N5O2/c1-15-22-19(21-14-16-5-4-10-27-16)13-20(23-15)24-17-6-2-3-7-18(17)25-8-11-26-12-9-25/h2-3,6-7,13,16H,4-5,8-12,14H2,1H3,(H2,21,22,23,24). The van der Waals surface area contributed by atoms with Gasteiger partial charge >= 0.3 is 0 Å². The highest BCUT2D eigenvalue weighted by molar-refractivity contribution is 5.75. The van der Waals surface area contributed by atoms with Gasteiger partial charge < -0.3 is 25.0 Å². The second-order valence-electron chi connectivity index (χ2n) is 6.94. The van der Waals surface area contributed by atoms with E-state index in [9.17, 15) is 0 Å². The molecule has 1 atom stereocenters. The fourth-order valence-electron chi connectivity index (χ4n) is 3.54. The quantitative estimate of drug-likeness (QED) is 0.811. The zero-order chi connectivity index (χ0) is 18.5. The molecule has 1 aromatic heterocycles. The van der Waals surface area contributed by atoms with Crippen LogP contribution >= 0.6 is 0 Å². The van der Waals surface area contributed by atoms with E-state index in [-0.39, 0.29) is 6.10 Å². The van der Waals surface area contributed by atoms with E-state index in [1.165, 1.54) is 5.69 Å². The van der Waals surface area contributed by atoms with Gasteiger partial charge in [0, 0.05) is 32.3 Å². The van der Waals surface area contributed by atoms with E-state index in [4.69, 9.17) is 9.47 Å². The molecular formula is C20H27N5O2. The van der Waals surface area contributed by atoms with Crippen molar-refractivity contribution in [2.75, 3.05) is 55.0 Å². The van der Waals surface area contributed by atoms with Gasteiger partial charge in [-0.2, -0.15) is 0 Å². The van der Waals surface area contributed by atoms with Crippen molar-refractivity contribution in [3.05, 3.63) is 36.2 Å². The molecule has 2 aliphatic rings. The zero-order valence-electron chi connectivity index (χ0n) is 15.8. The molecule has 0 radical (unpaired) electrons. The molecule has 2 aromatic rings. The molecule has 0 saturated carbocycles. The largest absolute Gasteiger partial charge is 0.378 e. The van der Waals surface area contributed by atoms with Gasteiger partial charge in [-0.25, -0.2) is 9.97 Å². The van der Waals surface area contributed by atoms with Crippen molar-refractivity contribution in [2.24, 2.45) is 0 Å². The van der Waals surface area contributed by atoms with E-state index in [2.05, 4.69) is 43.7 Å². The van der Waals surface area contributed by atoms with Crippen LogP contribution in [0, 0.1) is 6.92 Å². The van der Waals surface area contributed by atoms with Gasteiger partial charge in [-0.15, -0.1) is 0 Å². The van der Waals surface area contributed by atoms with Crippen LogP contribution < -0.4 is 15.5 Å². The maximum atomic E-state index is 5.68. The van der Waals surface area contributed by atoms with Crippen LogP contribution in [0.25, 0.3) is 0 Å². The summed E-state index contributed by atoms with van der Waals surface area (Å²) in [6, 6.07) is 10.3. The van der Waals surface area contributed by atoms with E-state index < -0.39 is 0 Å². The highest BCUT2D eigenvalue weighted by Gasteiger charge is 2.17. The molecule has 3 heterocycles. The Kier molecular flexibility index (Phi) is 5.69. The van der Waals surface area contributed by atoms with Gasteiger partial charge in [-0.1, -0.05) is 12.1 Å². The van der Waals surface area contributed by atoms with Crippen LogP contribution in [0.15, 0.2) is 30.3 Å². The molecule has 7 nitrogen and oxygen atoms in total. The Bertz CT molecular complexity index is 758. The van der Waals surface area contributed by atoms with Crippen LogP contribution in [-0.2, 0) is 9.47 Å². The SMILES string of the molecule is Cc1nc(NCC2CCCO2)cc(Nc2ccccc2N2CCOCC2)n1. The predicted molar refractivity (Wildman–Crippen MR) is 107 cm³/mol. The van der Waals surface area contributed by atoms with E-state index in [1.54, 1.807) is 0 Å². The third kappa shape index (κ3) is 4.67. The number of hydrogen-bond acceptors (Lipinski definition) is 7. The molecule has 2 fully saturated rings. The topological polar surface area (TPSA) is 71.5 Å². The third-order valence-corrected chi connectivity index (χ3v) is 4.89. The molecule has 2 N–H and O–H groups in total. The molecule has 2 aliphatic heterocycles. The summed E-state index contributed by atoms with van der Waals surface area (Å²) < 4.78 is 11.2. The molecule has 1 unspecified atom stereocenters. The number of rotatable bonds is 6. The Morgan fingerprint density at radius 3 is 2.74 bits per heavy atom. The summed E-state index contributed by atoms with van der Waals surface area (Å²) in [4.78, 5) is 11.4. The van der Waals surface area contributed by atoms with Crippen LogP contribution in [0.4, 0.5) is 23.0 Å². The van der Waals surface area contributed by atoms with Crippen LogP contribution in [-0.4, -0.2) is 55.5 Å². The number of nitrogens with one attached hydrogen (secondary N) is 2. The van der Waals surface area contributed by atoms with Crippen molar-refractivity contribution in [1.82, 2.24) is 9.97 Å². The fourth-order valence-corrected chi connectivity index (χ4v) is 3.54. The summed E-state index contributed by atoms with van der Waals surface area (Å²) in [5.74, 6) is 2.35. The number of morpholine rings is 1. The third-order valence-electron chi connectivity index (χ3n) is 4.89. The van der Waals surface area contributed by atoms with E-state index in [0.29, 0.717) is 0 Å². The Morgan fingerprint density at radius 1 is 1.11 bits per heavy atom. The number of hydrogen-bond donors (Lipinski definition) is 2. The molecule has 27 heavy (non-hydrogen) atoms. The smallest absolute Gasteiger partial charge is 0.136 e. The van der Waals surface area contributed by atoms with Crippen molar-refractivity contribution in [1.29, 1.82) is 0 Å². The molecule has 2 saturated heterocycles. The van der Waals surface area contributed by atoms with Gasteiger partial charge in [-0.05, 0) is 31.9 Å². The lowest BCUT2D eigenvalue weighted by Crippen LogP contribution is -2.36. The number of para-hydroxylation sites is 2. The molecule has 0 amide bonds. The summed E-state index contributed by atoms with van der Waals surface area (Å²) in [7, 11) is 0. The Morgan fingerprint density at radius 2 is 1.93 bits per heavy atom. The number of aromatic nitrogens is 2. The van der Waals surface area contributed by atoms with E-state index in [0.717, 1.165) is 75.4 Å². The minimum atomic E-state index is 0.277. The van der Waals surface area contributed by atoms with Crippen LogP contribution in [0.1, 0.15) is 18.7 Å². The summed E-state index contributed by atoms with van der Waals surface area (Å²) in [5.41, 5.74) is 2.22.